The Kier molecular flexibility index (Phi) is 6.47. The van der Waals surface area contributed by atoms with Crippen LogP contribution < -0.4 is 10.1 Å². The first-order valence-corrected chi connectivity index (χ1v) is 10.6. The van der Waals surface area contributed by atoms with E-state index in [0.717, 1.165) is 12.1 Å². The number of fused-ring (bicyclic) bond motifs is 1. The van der Waals surface area contributed by atoms with Crippen LogP contribution in [0.1, 0.15) is 28.7 Å². The molecule has 0 aliphatic heterocycles. The van der Waals surface area contributed by atoms with E-state index in [2.05, 4.69) is 15.0 Å². The predicted octanol–water partition coefficient (Wildman–Crippen LogP) is 6.18. The number of nitrogens with zero attached hydrogens (tertiary/aromatic N) is 2. The number of pyridine rings is 1. The van der Waals surface area contributed by atoms with Crippen LogP contribution in [0, 0.1) is 5.82 Å². The van der Waals surface area contributed by atoms with E-state index in [0.29, 0.717) is 39.6 Å². The maximum absolute atomic E-state index is 14.7. The minimum Gasteiger partial charge on any atom is -0.406 e. The standard InChI is InChI=1S/C24H18ClF4N3O2/c1-2-20-22(32-13-16(25)6-10-21(32)31-20)23(33)30-12-14-3-9-18(19(26)11-14)15-4-7-17(8-5-15)34-24(27,28)29/h3-11,13H,2,12H2,1H3,(H,30,33). The molecule has 0 bridgehead atoms. The lowest BCUT2D eigenvalue weighted by molar-refractivity contribution is -0.274. The molecule has 0 fully saturated rings. The second-order valence-corrected chi connectivity index (χ2v) is 7.84. The van der Waals surface area contributed by atoms with Crippen molar-refractivity contribution < 1.29 is 27.1 Å². The van der Waals surface area contributed by atoms with Gasteiger partial charge >= 0.3 is 6.36 Å². The van der Waals surface area contributed by atoms with Crippen LogP contribution in [0.2, 0.25) is 5.02 Å². The number of aromatic nitrogens is 2. The zero-order chi connectivity index (χ0) is 24.5. The van der Waals surface area contributed by atoms with E-state index in [9.17, 15) is 22.4 Å². The highest BCUT2D eigenvalue weighted by Gasteiger charge is 2.31. The highest BCUT2D eigenvalue weighted by molar-refractivity contribution is 6.30. The largest absolute Gasteiger partial charge is 0.573 e. The van der Waals surface area contributed by atoms with Gasteiger partial charge in [-0.15, -0.1) is 13.2 Å². The van der Waals surface area contributed by atoms with E-state index < -0.39 is 17.9 Å². The van der Waals surface area contributed by atoms with Crippen LogP contribution >= 0.6 is 11.6 Å². The van der Waals surface area contributed by atoms with E-state index in [-0.39, 0.29) is 18.0 Å². The van der Waals surface area contributed by atoms with Gasteiger partial charge in [-0.2, -0.15) is 0 Å². The molecule has 2 aromatic carbocycles. The number of hydrogen-bond donors (Lipinski definition) is 1. The van der Waals surface area contributed by atoms with E-state index in [1.54, 1.807) is 28.8 Å². The van der Waals surface area contributed by atoms with Crippen LogP contribution in [0.15, 0.2) is 60.8 Å². The molecule has 4 rings (SSSR count). The van der Waals surface area contributed by atoms with Gasteiger partial charge in [0.25, 0.3) is 5.91 Å². The number of benzene rings is 2. The molecule has 10 heteroatoms. The molecule has 0 saturated heterocycles. The smallest absolute Gasteiger partial charge is 0.406 e. The summed E-state index contributed by atoms with van der Waals surface area (Å²) in [6.45, 7) is 1.95. The predicted molar refractivity (Wildman–Crippen MR) is 119 cm³/mol. The molecule has 5 nitrogen and oxygen atoms in total. The minimum atomic E-state index is -4.80. The van der Waals surface area contributed by atoms with Gasteiger partial charge in [0.15, 0.2) is 0 Å². The van der Waals surface area contributed by atoms with Crippen molar-refractivity contribution in [2.24, 2.45) is 0 Å². The zero-order valence-corrected chi connectivity index (χ0v) is 18.5. The molecule has 34 heavy (non-hydrogen) atoms. The summed E-state index contributed by atoms with van der Waals surface area (Å²) in [5.41, 5.74) is 2.67. The van der Waals surface area contributed by atoms with Gasteiger partial charge in [-0.3, -0.25) is 9.20 Å². The number of ether oxygens (including phenoxy) is 1. The number of carbonyl (C=O) groups excluding carboxylic acids is 1. The number of aryl methyl sites for hydroxylation is 1. The van der Waals surface area contributed by atoms with Crippen molar-refractivity contribution in [3.8, 4) is 16.9 Å². The normalized spacial score (nSPS) is 11.6. The van der Waals surface area contributed by atoms with Crippen molar-refractivity contribution in [2.45, 2.75) is 26.3 Å². The van der Waals surface area contributed by atoms with Gasteiger partial charge in [0.05, 0.1) is 10.7 Å². The Morgan fingerprint density at radius 2 is 1.85 bits per heavy atom. The Balaban J connectivity index is 1.49. The van der Waals surface area contributed by atoms with Crippen LogP contribution in [-0.2, 0) is 13.0 Å². The molecule has 176 valence electrons. The van der Waals surface area contributed by atoms with E-state index >= 15 is 0 Å². The summed E-state index contributed by atoms with van der Waals surface area (Å²) in [6.07, 6.45) is -2.65. The molecule has 0 atom stereocenters. The Morgan fingerprint density at radius 3 is 2.50 bits per heavy atom. The third-order valence-corrected chi connectivity index (χ3v) is 5.31. The fraction of sp³-hybridized carbons (Fsp3) is 0.167. The highest BCUT2D eigenvalue weighted by Crippen LogP contribution is 2.28. The molecule has 2 heterocycles. The quantitative estimate of drug-likeness (QED) is 0.327. The van der Waals surface area contributed by atoms with Crippen molar-refractivity contribution in [1.29, 1.82) is 0 Å². The number of alkyl halides is 3. The molecule has 0 saturated carbocycles. The number of imidazole rings is 1. The third kappa shape index (κ3) is 5.14. The first-order chi connectivity index (χ1) is 16.1. The maximum atomic E-state index is 14.7. The van der Waals surface area contributed by atoms with Gasteiger partial charge in [0, 0.05) is 18.3 Å². The molecular formula is C24H18ClF4N3O2. The molecular weight excluding hydrogens is 474 g/mol. The van der Waals surface area contributed by atoms with Gasteiger partial charge in [-0.1, -0.05) is 42.8 Å². The summed E-state index contributed by atoms with van der Waals surface area (Å²) in [7, 11) is 0. The van der Waals surface area contributed by atoms with Crippen molar-refractivity contribution in [3.05, 3.63) is 88.6 Å². The third-order valence-electron chi connectivity index (χ3n) is 5.09. The SMILES string of the molecule is CCc1nc2ccc(Cl)cn2c1C(=O)NCc1ccc(-c2ccc(OC(F)(F)F)cc2)c(F)c1. The number of carbonyl (C=O) groups is 1. The van der Waals surface area contributed by atoms with Gasteiger partial charge in [-0.05, 0) is 47.9 Å². The van der Waals surface area contributed by atoms with Crippen molar-refractivity contribution in [1.82, 2.24) is 14.7 Å². The lowest BCUT2D eigenvalue weighted by Gasteiger charge is -2.11. The molecule has 0 radical (unpaired) electrons. The van der Waals surface area contributed by atoms with E-state index in [1.165, 1.54) is 24.3 Å². The fourth-order valence-corrected chi connectivity index (χ4v) is 3.72. The van der Waals surface area contributed by atoms with Crippen LogP contribution in [0.5, 0.6) is 5.75 Å². The average Bonchev–Trinajstić information content (AvgIpc) is 3.15. The summed E-state index contributed by atoms with van der Waals surface area (Å²) in [4.78, 5) is 17.3. The highest BCUT2D eigenvalue weighted by atomic mass is 35.5. The monoisotopic (exact) mass is 491 g/mol. The van der Waals surface area contributed by atoms with Crippen LogP contribution in [0.4, 0.5) is 17.6 Å². The molecule has 0 aliphatic carbocycles. The second kappa shape index (κ2) is 9.34. The Bertz CT molecular complexity index is 1350. The van der Waals surface area contributed by atoms with Gasteiger partial charge in [0.2, 0.25) is 0 Å². The number of amides is 1. The van der Waals surface area contributed by atoms with Crippen LogP contribution in [0.25, 0.3) is 16.8 Å². The first-order valence-electron chi connectivity index (χ1n) is 10.2. The van der Waals surface area contributed by atoms with Gasteiger partial charge in [-0.25, -0.2) is 9.37 Å². The lowest BCUT2D eigenvalue weighted by atomic mass is 10.0. The topological polar surface area (TPSA) is 55.6 Å². The number of nitrogens with one attached hydrogen (secondary N) is 1. The summed E-state index contributed by atoms with van der Waals surface area (Å²) >= 11 is 6.06. The van der Waals surface area contributed by atoms with Crippen LogP contribution in [-0.4, -0.2) is 21.7 Å². The molecule has 2 aromatic heterocycles. The zero-order valence-electron chi connectivity index (χ0n) is 17.8. The van der Waals surface area contributed by atoms with Gasteiger partial charge < -0.3 is 10.1 Å². The van der Waals surface area contributed by atoms with Crippen molar-refractivity contribution in [2.75, 3.05) is 0 Å². The van der Waals surface area contributed by atoms with Crippen molar-refractivity contribution in [3.63, 3.8) is 0 Å². The maximum Gasteiger partial charge on any atom is 0.573 e. The summed E-state index contributed by atoms with van der Waals surface area (Å²) < 4.78 is 57.1. The molecule has 0 spiro atoms. The van der Waals surface area contributed by atoms with E-state index in [1.807, 2.05) is 6.92 Å². The number of halogens is 5. The Hall–Kier alpha value is -3.59. The van der Waals surface area contributed by atoms with Gasteiger partial charge in [0.1, 0.15) is 22.9 Å². The second-order valence-electron chi connectivity index (χ2n) is 7.41. The molecule has 1 N–H and O–H groups in total. The molecule has 0 unspecified atom stereocenters. The minimum absolute atomic E-state index is 0.0609. The fourth-order valence-electron chi connectivity index (χ4n) is 3.56. The summed E-state index contributed by atoms with van der Waals surface area (Å²) in [5.74, 6) is -1.35. The Morgan fingerprint density at radius 1 is 1.12 bits per heavy atom. The summed E-state index contributed by atoms with van der Waals surface area (Å²) in [5, 5.41) is 3.23. The lowest BCUT2D eigenvalue weighted by Crippen LogP contribution is -2.25. The molecule has 0 aliphatic rings. The summed E-state index contributed by atoms with van der Waals surface area (Å²) in [6, 6.07) is 12.7. The number of rotatable bonds is 6. The van der Waals surface area contributed by atoms with E-state index in [4.69, 9.17) is 11.6 Å². The first kappa shape index (κ1) is 23.6. The van der Waals surface area contributed by atoms with Crippen molar-refractivity contribution >= 4 is 23.2 Å². The molecule has 1 amide bonds. The Labute approximate surface area is 196 Å². The number of hydrogen-bond acceptors (Lipinski definition) is 3. The average molecular weight is 492 g/mol. The molecule has 4 aromatic rings. The van der Waals surface area contributed by atoms with Crippen LogP contribution in [0.3, 0.4) is 0 Å².